The van der Waals surface area contributed by atoms with E-state index in [4.69, 9.17) is 11.6 Å². The van der Waals surface area contributed by atoms with E-state index in [0.29, 0.717) is 11.4 Å². The number of hydrogen-bond donors (Lipinski definition) is 1. The lowest BCUT2D eigenvalue weighted by molar-refractivity contribution is -0.141. The van der Waals surface area contributed by atoms with E-state index in [1.165, 1.54) is 12.1 Å². The van der Waals surface area contributed by atoms with E-state index in [1.54, 1.807) is 35.2 Å². The Morgan fingerprint density at radius 3 is 2.18 bits per heavy atom. The SMILES string of the molecule is CC(C)(C)NC(=O)[C@H](Cc1ccccc1)N(Cc1ccc(F)cc1)C(=O)Cc1cccc(Cl)c1. The van der Waals surface area contributed by atoms with E-state index in [9.17, 15) is 14.0 Å². The Bertz CT molecular complexity index is 1110. The van der Waals surface area contributed by atoms with Crippen molar-refractivity contribution in [2.75, 3.05) is 0 Å². The minimum absolute atomic E-state index is 0.0931. The van der Waals surface area contributed by atoms with Crippen LogP contribution >= 0.6 is 11.6 Å². The van der Waals surface area contributed by atoms with Crippen LogP contribution in [0.3, 0.4) is 0 Å². The van der Waals surface area contributed by atoms with Gasteiger partial charge in [-0.05, 0) is 61.7 Å². The Kier molecular flexibility index (Phi) is 8.46. The summed E-state index contributed by atoms with van der Waals surface area (Å²) in [5.74, 6) is -0.804. The summed E-state index contributed by atoms with van der Waals surface area (Å²) in [5.41, 5.74) is 1.97. The van der Waals surface area contributed by atoms with Crippen molar-refractivity contribution in [2.24, 2.45) is 0 Å². The zero-order valence-electron chi connectivity index (χ0n) is 19.7. The zero-order valence-corrected chi connectivity index (χ0v) is 20.5. The first-order chi connectivity index (χ1) is 16.1. The quantitative estimate of drug-likeness (QED) is 0.457. The molecule has 4 nitrogen and oxygen atoms in total. The van der Waals surface area contributed by atoms with Gasteiger partial charge in [0.1, 0.15) is 11.9 Å². The maximum absolute atomic E-state index is 13.6. The molecule has 0 bridgehead atoms. The highest BCUT2D eigenvalue weighted by molar-refractivity contribution is 6.30. The minimum Gasteiger partial charge on any atom is -0.350 e. The molecular formula is C28H30ClFN2O2. The Morgan fingerprint density at radius 1 is 0.912 bits per heavy atom. The van der Waals surface area contributed by atoms with Crippen molar-refractivity contribution in [3.63, 3.8) is 0 Å². The molecule has 0 saturated carbocycles. The van der Waals surface area contributed by atoms with Gasteiger partial charge in [-0.25, -0.2) is 4.39 Å². The fourth-order valence-corrected chi connectivity index (χ4v) is 3.93. The second-order valence-electron chi connectivity index (χ2n) is 9.40. The Balaban J connectivity index is 1.98. The highest BCUT2D eigenvalue weighted by Crippen LogP contribution is 2.19. The average molecular weight is 481 g/mol. The third kappa shape index (κ3) is 7.70. The van der Waals surface area contributed by atoms with Crippen LogP contribution in [0.1, 0.15) is 37.5 Å². The summed E-state index contributed by atoms with van der Waals surface area (Å²) in [4.78, 5) is 28.7. The molecule has 0 fully saturated rings. The largest absolute Gasteiger partial charge is 0.350 e. The maximum atomic E-state index is 13.6. The van der Waals surface area contributed by atoms with Gasteiger partial charge in [-0.3, -0.25) is 9.59 Å². The van der Waals surface area contributed by atoms with Crippen LogP contribution in [0.5, 0.6) is 0 Å². The van der Waals surface area contributed by atoms with E-state index < -0.39 is 11.6 Å². The molecule has 1 atom stereocenters. The number of carbonyl (C=O) groups is 2. The molecule has 2 amide bonds. The molecule has 0 aliphatic heterocycles. The molecule has 0 aromatic heterocycles. The van der Waals surface area contributed by atoms with Crippen LogP contribution < -0.4 is 5.32 Å². The molecule has 0 saturated heterocycles. The third-order valence-electron chi connectivity index (χ3n) is 5.28. The molecule has 0 radical (unpaired) electrons. The fraction of sp³-hybridized carbons (Fsp3) is 0.286. The topological polar surface area (TPSA) is 49.4 Å². The van der Waals surface area contributed by atoms with Crippen molar-refractivity contribution in [3.8, 4) is 0 Å². The van der Waals surface area contributed by atoms with Gasteiger partial charge in [0.25, 0.3) is 0 Å². The second kappa shape index (κ2) is 11.3. The fourth-order valence-electron chi connectivity index (χ4n) is 3.72. The molecule has 3 rings (SSSR count). The second-order valence-corrected chi connectivity index (χ2v) is 9.84. The van der Waals surface area contributed by atoms with E-state index >= 15 is 0 Å². The normalized spacial score (nSPS) is 12.1. The zero-order chi connectivity index (χ0) is 24.7. The van der Waals surface area contributed by atoms with E-state index in [1.807, 2.05) is 57.2 Å². The average Bonchev–Trinajstić information content (AvgIpc) is 2.77. The molecule has 0 aliphatic rings. The Hall–Kier alpha value is -3.18. The minimum atomic E-state index is -0.752. The number of hydrogen-bond acceptors (Lipinski definition) is 2. The van der Waals surface area contributed by atoms with Gasteiger partial charge in [0.15, 0.2) is 0 Å². The summed E-state index contributed by atoms with van der Waals surface area (Å²) in [6.45, 7) is 5.89. The monoisotopic (exact) mass is 480 g/mol. The molecule has 3 aromatic carbocycles. The van der Waals surface area contributed by atoms with Crippen molar-refractivity contribution in [3.05, 3.63) is 106 Å². The summed E-state index contributed by atoms with van der Waals surface area (Å²) in [7, 11) is 0. The van der Waals surface area contributed by atoms with E-state index in [2.05, 4.69) is 5.32 Å². The molecule has 0 heterocycles. The van der Waals surface area contributed by atoms with Crippen molar-refractivity contribution in [1.82, 2.24) is 10.2 Å². The van der Waals surface area contributed by atoms with Crippen molar-refractivity contribution in [1.29, 1.82) is 0 Å². The molecule has 0 spiro atoms. The third-order valence-corrected chi connectivity index (χ3v) is 5.51. The van der Waals surface area contributed by atoms with Gasteiger partial charge in [-0.15, -0.1) is 0 Å². The highest BCUT2D eigenvalue weighted by Gasteiger charge is 2.32. The standard InChI is InChI=1S/C28H30ClFN2O2/c1-28(2,3)31-27(34)25(17-20-8-5-4-6-9-20)32(19-21-12-14-24(30)15-13-21)26(33)18-22-10-7-11-23(29)16-22/h4-16,25H,17-19H2,1-3H3,(H,31,34)/t25-/m0/s1. The highest BCUT2D eigenvalue weighted by atomic mass is 35.5. The Morgan fingerprint density at radius 2 is 1.56 bits per heavy atom. The van der Waals surface area contributed by atoms with Crippen LogP contribution in [-0.4, -0.2) is 28.3 Å². The van der Waals surface area contributed by atoms with E-state index in [-0.39, 0.29) is 30.6 Å². The first-order valence-corrected chi connectivity index (χ1v) is 11.6. The van der Waals surface area contributed by atoms with Crippen LogP contribution in [0, 0.1) is 5.82 Å². The lowest BCUT2D eigenvalue weighted by Crippen LogP contribution is -2.54. The summed E-state index contributed by atoms with van der Waals surface area (Å²) >= 11 is 6.12. The lowest BCUT2D eigenvalue weighted by Gasteiger charge is -2.34. The summed E-state index contributed by atoms with van der Waals surface area (Å²) in [5, 5.41) is 3.57. The number of rotatable bonds is 8. The molecule has 0 unspecified atom stereocenters. The van der Waals surface area contributed by atoms with E-state index in [0.717, 1.165) is 16.7 Å². The van der Waals surface area contributed by atoms with Gasteiger partial charge in [-0.2, -0.15) is 0 Å². The molecule has 6 heteroatoms. The lowest BCUT2D eigenvalue weighted by atomic mass is 10.00. The van der Waals surface area contributed by atoms with Crippen molar-refractivity contribution in [2.45, 2.75) is 51.7 Å². The van der Waals surface area contributed by atoms with Crippen LogP contribution in [-0.2, 0) is 29.0 Å². The maximum Gasteiger partial charge on any atom is 0.243 e. The van der Waals surface area contributed by atoms with Gasteiger partial charge < -0.3 is 10.2 Å². The van der Waals surface area contributed by atoms with Gasteiger partial charge >= 0.3 is 0 Å². The predicted octanol–water partition coefficient (Wildman–Crippen LogP) is 5.58. The number of halogens is 2. The number of amides is 2. The number of carbonyl (C=O) groups excluding carboxylic acids is 2. The van der Waals surface area contributed by atoms with Crippen molar-refractivity contribution >= 4 is 23.4 Å². The number of nitrogens with one attached hydrogen (secondary N) is 1. The molecular weight excluding hydrogens is 451 g/mol. The van der Waals surface area contributed by atoms with Gasteiger partial charge in [-0.1, -0.05) is 66.2 Å². The summed E-state index contributed by atoms with van der Waals surface area (Å²) in [6, 6.07) is 22.0. The number of nitrogens with zero attached hydrogens (tertiary/aromatic N) is 1. The summed E-state index contributed by atoms with van der Waals surface area (Å²) < 4.78 is 13.5. The Labute approximate surface area is 205 Å². The van der Waals surface area contributed by atoms with Gasteiger partial charge in [0.05, 0.1) is 6.42 Å². The summed E-state index contributed by atoms with van der Waals surface area (Å²) in [6.07, 6.45) is 0.446. The van der Waals surface area contributed by atoms with Crippen LogP contribution in [0.25, 0.3) is 0 Å². The predicted molar refractivity (Wildman–Crippen MR) is 134 cm³/mol. The smallest absolute Gasteiger partial charge is 0.243 e. The van der Waals surface area contributed by atoms with Crippen LogP contribution in [0.4, 0.5) is 4.39 Å². The van der Waals surface area contributed by atoms with Crippen LogP contribution in [0.15, 0.2) is 78.9 Å². The molecule has 3 aromatic rings. The molecule has 1 N–H and O–H groups in total. The first kappa shape index (κ1) is 25.4. The van der Waals surface area contributed by atoms with Gasteiger partial charge in [0.2, 0.25) is 11.8 Å². The molecule has 178 valence electrons. The first-order valence-electron chi connectivity index (χ1n) is 11.2. The van der Waals surface area contributed by atoms with Crippen molar-refractivity contribution < 1.29 is 14.0 Å². The van der Waals surface area contributed by atoms with Gasteiger partial charge in [0, 0.05) is 23.5 Å². The number of benzene rings is 3. The molecule has 0 aliphatic carbocycles. The van der Waals surface area contributed by atoms with Crippen LogP contribution in [0.2, 0.25) is 5.02 Å². The molecule has 34 heavy (non-hydrogen) atoms.